The first kappa shape index (κ1) is 12.6. The Kier molecular flexibility index (Phi) is 5.55. The summed E-state index contributed by atoms with van der Waals surface area (Å²) in [6, 6.07) is -0.663. The van der Waals surface area contributed by atoms with Gasteiger partial charge in [0, 0.05) is 6.54 Å². The molecular formula is C9H16N2O3. The summed E-state index contributed by atoms with van der Waals surface area (Å²) in [7, 11) is 1.59. The topological polar surface area (TPSA) is 69.6 Å². The maximum atomic E-state index is 11.1. The standard InChI is InChI=1S/C9H16N2O3/c1-4-5-10-8(12)6-11(3)7(2)9(13)14/h4,7H,1,5-6H2,2-3H3,(H,10,12)(H,13,14). The number of amides is 1. The van der Waals surface area contributed by atoms with Crippen LogP contribution in [0.1, 0.15) is 6.92 Å². The van der Waals surface area contributed by atoms with Crippen LogP contribution in [0.15, 0.2) is 12.7 Å². The van der Waals surface area contributed by atoms with Crippen molar-refractivity contribution in [3.63, 3.8) is 0 Å². The normalized spacial score (nSPS) is 12.2. The highest BCUT2D eigenvalue weighted by atomic mass is 16.4. The lowest BCUT2D eigenvalue weighted by molar-refractivity contribution is -0.142. The van der Waals surface area contributed by atoms with Gasteiger partial charge < -0.3 is 10.4 Å². The molecule has 1 atom stereocenters. The van der Waals surface area contributed by atoms with E-state index in [-0.39, 0.29) is 12.5 Å². The lowest BCUT2D eigenvalue weighted by Gasteiger charge is -2.19. The summed E-state index contributed by atoms with van der Waals surface area (Å²) < 4.78 is 0. The van der Waals surface area contributed by atoms with Crippen molar-refractivity contribution in [2.24, 2.45) is 0 Å². The minimum Gasteiger partial charge on any atom is -0.480 e. The van der Waals surface area contributed by atoms with E-state index in [0.29, 0.717) is 6.54 Å². The molecule has 0 aromatic heterocycles. The molecule has 0 aliphatic rings. The summed E-state index contributed by atoms with van der Waals surface area (Å²) in [6.07, 6.45) is 1.57. The fraction of sp³-hybridized carbons (Fsp3) is 0.556. The number of carbonyl (C=O) groups is 2. The Morgan fingerprint density at radius 1 is 1.64 bits per heavy atom. The molecule has 0 aromatic carbocycles. The maximum Gasteiger partial charge on any atom is 0.320 e. The minimum absolute atomic E-state index is 0.0707. The Hall–Kier alpha value is -1.36. The van der Waals surface area contributed by atoms with Gasteiger partial charge in [-0.15, -0.1) is 6.58 Å². The van der Waals surface area contributed by atoms with Crippen LogP contribution >= 0.6 is 0 Å². The second kappa shape index (κ2) is 6.15. The van der Waals surface area contributed by atoms with Gasteiger partial charge in [0.2, 0.25) is 5.91 Å². The molecule has 1 unspecified atom stereocenters. The highest BCUT2D eigenvalue weighted by Gasteiger charge is 2.18. The number of carboxylic acids is 1. The molecule has 0 fully saturated rings. The summed E-state index contributed by atoms with van der Waals surface area (Å²) in [5.74, 6) is -1.15. The molecule has 0 spiro atoms. The zero-order valence-electron chi connectivity index (χ0n) is 8.49. The first-order chi connectivity index (χ1) is 6.49. The van der Waals surface area contributed by atoms with Crippen molar-refractivity contribution >= 4 is 11.9 Å². The van der Waals surface area contributed by atoms with Gasteiger partial charge in [-0.3, -0.25) is 14.5 Å². The smallest absolute Gasteiger partial charge is 0.320 e. The Labute approximate surface area is 83.4 Å². The van der Waals surface area contributed by atoms with Gasteiger partial charge in [0.15, 0.2) is 0 Å². The van der Waals surface area contributed by atoms with Crippen LogP contribution in [-0.4, -0.2) is 48.1 Å². The molecule has 0 radical (unpaired) electrons. The van der Waals surface area contributed by atoms with E-state index in [9.17, 15) is 9.59 Å². The third-order valence-electron chi connectivity index (χ3n) is 1.86. The van der Waals surface area contributed by atoms with Crippen LogP contribution in [0, 0.1) is 0 Å². The van der Waals surface area contributed by atoms with Crippen LogP contribution < -0.4 is 5.32 Å². The molecule has 0 aliphatic carbocycles. The number of rotatable bonds is 6. The van der Waals surface area contributed by atoms with E-state index in [1.165, 1.54) is 11.8 Å². The predicted octanol–water partition coefficient (Wildman–Crippen LogP) is -0.306. The minimum atomic E-state index is -0.941. The average molecular weight is 200 g/mol. The number of aliphatic carboxylic acids is 1. The fourth-order valence-corrected chi connectivity index (χ4v) is 0.794. The van der Waals surface area contributed by atoms with Gasteiger partial charge in [-0.1, -0.05) is 6.08 Å². The molecule has 80 valence electrons. The third kappa shape index (κ3) is 4.61. The molecule has 0 saturated heterocycles. The first-order valence-corrected chi connectivity index (χ1v) is 4.29. The second-order valence-electron chi connectivity index (χ2n) is 3.02. The quantitative estimate of drug-likeness (QED) is 0.577. The highest BCUT2D eigenvalue weighted by Crippen LogP contribution is 1.94. The summed E-state index contributed by atoms with van der Waals surface area (Å²) in [4.78, 5) is 23.2. The van der Waals surface area contributed by atoms with Gasteiger partial charge in [0.1, 0.15) is 6.04 Å². The highest BCUT2D eigenvalue weighted by molar-refractivity contribution is 5.79. The lowest BCUT2D eigenvalue weighted by Crippen LogP contribution is -2.42. The predicted molar refractivity (Wildman–Crippen MR) is 52.9 cm³/mol. The van der Waals surface area contributed by atoms with Crippen LogP contribution in [0.2, 0.25) is 0 Å². The molecule has 0 rings (SSSR count). The van der Waals surface area contributed by atoms with E-state index in [1.54, 1.807) is 13.1 Å². The summed E-state index contributed by atoms with van der Waals surface area (Å²) >= 11 is 0. The summed E-state index contributed by atoms with van der Waals surface area (Å²) in [5, 5.41) is 11.2. The van der Waals surface area contributed by atoms with E-state index in [1.807, 2.05) is 0 Å². The zero-order chi connectivity index (χ0) is 11.1. The molecule has 5 nitrogen and oxygen atoms in total. The Morgan fingerprint density at radius 2 is 2.21 bits per heavy atom. The van der Waals surface area contributed by atoms with Crippen LogP contribution in [0.3, 0.4) is 0 Å². The van der Waals surface area contributed by atoms with Gasteiger partial charge in [0.25, 0.3) is 0 Å². The van der Waals surface area contributed by atoms with Gasteiger partial charge in [-0.2, -0.15) is 0 Å². The number of nitrogens with one attached hydrogen (secondary N) is 1. The fourth-order valence-electron chi connectivity index (χ4n) is 0.794. The first-order valence-electron chi connectivity index (χ1n) is 4.29. The Morgan fingerprint density at radius 3 is 2.64 bits per heavy atom. The summed E-state index contributed by atoms with van der Waals surface area (Å²) in [5.41, 5.74) is 0. The monoisotopic (exact) mass is 200 g/mol. The maximum absolute atomic E-state index is 11.1. The van der Waals surface area contributed by atoms with Crippen molar-refractivity contribution in [2.75, 3.05) is 20.1 Å². The largest absolute Gasteiger partial charge is 0.480 e. The molecule has 0 aliphatic heterocycles. The van der Waals surface area contributed by atoms with Gasteiger partial charge in [0.05, 0.1) is 6.54 Å². The van der Waals surface area contributed by atoms with Crippen LogP contribution in [0.25, 0.3) is 0 Å². The number of hydrogen-bond acceptors (Lipinski definition) is 3. The van der Waals surface area contributed by atoms with Crippen LogP contribution in [0.5, 0.6) is 0 Å². The lowest BCUT2D eigenvalue weighted by atomic mass is 10.3. The molecule has 0 heterocycles. The van der Waals surface area contributed by atoms with Crippen LogP contribution in [0.4, 0.5) is 0 Å². The number of likely N-dealkylation sites (N-methyl/N-ethyl adjacent to an activating group) is 1. The number of nitrogens with zero attached hydrogens (tertiary/aromatic N) is 1. The Bertz CT molecular complexity index is 228. The van der Waals surface area contributed by atoms with Gasteiger partial charge in [-0.05, 0) is 14.0 Å². The number of carbonyl (C=O) groups excluding carboxylic acids is 1. The Balaban J connectivity index is 3.92. The average Bonchev–Trinajstić information content (AvgIpc) is 2.13. The molecule has 0 aromatic rings. The van der Waals surface area contributed by atoms with E-state index in [0.717, 1.165) is 0 Å². The van der Waals surface area contributed by atoms with E-state index < -0.39 is 12.0 Å². The zero-order valence-corrected chi connectivity index (χ0v) is 8.49. The van der Waals surface area contributed by atoms with E-state index in [4.69, 9.17) is 5.11 Å². The molecule has 0 saturated carbocycles. The second-order valence-corrected chi connectivity index (χ2v) is 3.02. The molecule has 14 heavy (non-hydrogen) atoms. The third-order valence-corrected chi connectivity index (χ3v) is 1.86. The van der Waals surface area contributed by atoms with Crippen molar-refractivity contribution < 1.29 is 14.7 Å². The molecular weight excluding hydrogens is 184 g/mol. The van der Waals surface area contributed by atoms with E-state index >= 15 is 0 Å². The number of hydrogen-bond donors (Lipinski definition) is 2. The molecule has 0 bridgehead atoms. The molecule has 5 heteroatoms. The van der Waals surface area contributed by atoms with Crippen molar-refractivity contribution in [3.05, 3.63) is 12.7 Å². The molecule has 2 N–H and O–H groups in total. The number of carboxylic acid groups (broad SMARTS) is 1. The van der Waals surface area contributed by atoms with Crippen molar-refractivity contribution in [2.45, 2.75) is 13.0 Å². The summed E-state index contributed by atoms with van der Waals surface area (Å²) in [6.45, 7) is 5.45. The molecule has 1 amide bonds. The van der Waals surface area contributed by atoms with E-state index in [2.05, 4.69) is 11.9 Å². The van der Waals surface area contributed by atoms with Crippen molar-refractivity contribution in [1.82, 2.24) is 10.2 Å². The van der Waals surface area contributed by atoms with Crippen molar-refractivity contribution in [1.29, 1.82) is 0 Å². The van der Waals surface area contributed by atoms with Gasteiger partial charge >= 0.3 is 5.97 Å². The SMILES string of the molecule is C=CCNC(=O)CN(C)C(C)C(=O)O. The van der Waals surface area contributed by atoms with Gasteiger partial charge in [-0.25, -0.2) is 0 Å². The van der Waals surface area contributed by atoms with Crippen LogP contribution in [-0.2, 0) is 9.59 Å². The van der Waals surface area contributed by atoms with Crippen molar-refractivity contribution in [3.8, 4) is 0 Å².